The van der Waals surface area contributed by atoms with Crippen LogP contribution in [0.5, 0.6) is 0 Å². The number of rotatable bonds is 5. The summed E-state index contributed by atoms with van der Waals surface area (Å²) in [6.07, 6.45) is -0.342. The summed E-state index contributed by atoms with van der Waals surface area (Å²) in [4.78, 5) is 35.0. The number of nitrogens with one attached hydrogen (secondary N) is 2. The summed E-state index contributed by atoms with van der Waals surface area (Å²) >= 11 is 5.82. The first kappa shape index (κ1) is 17.5. The molecule has 2 aromatic rings. The molecule has 0 bridgehead atoms. The van der Waals surface area contributed by atoms with Gasteiger partial charge in [0.15, 0.2) is 0 Å². The minimum Gasteiger partial charge on any atom is -0.465 e. The zero-order valence-electron chi connectivity index (χ0n) is 12.8. The van der Waals surface area contributed by atoms with Gasteiger partial charge in [0.2, 0.25) is 11.8 Å². The highest BCUT2D eigenvalue weighted by molar-refractivity contribution is 6.30. The van der Waals surface area contributed by atoms with Gasteiger partial charge in [0.25, 0.3) is 0 Å². The van der Waals surface area contributed by atoms with Crippen molar-refractivity contribution in [3.05, 3.63) is 59.1 Å². The molecule has 0 unspecified atom stereocenters. The average Bonchev–Trinajstić information content (AvgIpc) is 2.54. The van der Waals surface area contributed by atoms with E-state index in [-0.39, 0.29) is 6.42 Å². The van der Waals surface area contributed by atoms with Crippen LogP contribution in [0.1, 0.15) is 16.8 Å². The molecule has 0 saturated heterocycles. The van der Waals surface area contributed by atoms with Crippen molar-refractivity contribution in [3.63, 3.8) is 0 Å². The van der Waals surface area contributed by atoms with Gasteiger partial charge in [-0.15, -0.1) is 0 Å². The van der Waals surface area contributed by atoms with Crippen molar-refractivity contribution in [1.29, 1.82) is 0 Å². The van der Waals surface area contributed by atoms with Crippen LogP contribution in [0, 0.1) is 0 Å². The Balaban J connectivity index is 1.88. The Morgan fingerprint density at radius 3 is 2.17 bits per heavy atom. The maximum Gasteiger partial charge on any atom is 0.337 e. The molecule has 6 nitrogen and oxygen atoms in total. The smallest absolute Gasteiger partial charge is 0.337 e. The number of anilines is 2. The van der Waals surface area contributed by atoms with E-state index in [0.717, 1.165) is 0 Å². The Morgan fingerprint density at radius 2 is 1.58 bits per heavy atom. The summed E-state index contributed by atoms with van der Waals surface area (Å²) in [5.41, 5.74) is 1.36. The van der Waals surface area contributed by atoms with Gasteiger partial charge in [-0.05, 0) is 42.5 Å². The minimum absolute atomic E-state index is 0.342. The molecule has 0 heterocycles. The standard InChI is InChI=1S/C17H15ClN2O4/c1-24-17(23)11-5-7-13(8-6-11)19-15(21)10-16(22)20-14-4-2-3-12(18)9-14/h2-9H,10H2,1H3,(H,19,21)(H,20,22). The van der Waals surface area contributed by atoms with Crippen LogP contribution >= 0.6 is 11.6 Å². The molecule has 2 N–H and O–H groups in total. The summed E-state index contributed by atoms with van der Waals surface area (Å²) < 4.78 is 4.59. The Bertz CT molecular complexity index is 759. The van der Waals surface area contributed by atoms with Gasteiger partial charge in [-0.1, -0.05) is 17.7 Å². The van der Waals surface area contributed by atoms with E-state index in [1.807, 2.05) is 0 Å². The Kier molecular flexibility index (Phi) is 5.92. The number of amides is 2. The third kappa shape index (κ3) is 5.10. The molecule has 0 aliphatic heterocycles. The summed E-state index contributed by atoms with van der Waals surface area (Å²) in [6.45, 7) is 0. The molecule has 0 radical (unpaired) electrons. The maximum atomic E-state index is 11.9. The van der Waals surface area contributed by atoms with Crippen LogP contribution in [-0.2, 0) is 14.3 Å². The Morgan fingerprint density at radius 1 is 0.958 bits per heavy atom. The van der Waals surface area contributed by atoms with Crippen molar-refractivity contribution < 1.29 is 19.1 Å². The molecule has 24 heavy (non-hydrogen) atoms. The second-order valence-corrected chi connectivity index (χ2v) is 5.29. The van der Waals surface area contributed by atoms with Crippen molar-refractivity contribution in [2.75, 3.05) is 17.7 Å². The first-order valence-corrected chi connectivity index (χ1v) is 7.39. The second kappa shape index (κ2) is 8.12. The molecular formula is C17H15ClN2O4. The Hall–Kier alpha value is -2.86. The molecule has 0 aliphatic rings. The fourth-order valence-corrected chi connectivity index (χ4v) is 2.12. The zero-order chi connectivity index (χ0) is 17.5. The highest BCUT2D eigenvalue weighted by Gasteiger charge is 2.11. The largest absolute Gasteiger partial charge is 0.465 e. The molecule has 0 spiro atoms. The number of carbonyl (C=O) groups excluding carboxylic acids is 3. The predicted molar refractivity (Wildman–Crippen MR) is 91.1 cm³/mol. The molecule has 0 aliphatic carbocycles. The van der Waals surface area contributed by atoms with Crippen LogP contribution in [0.4, 0.5) is 11.4 Å². The van der Waals surface area contributed by atoms with E-state index in [2.05, 4.69) is 15.4 Å². The van der Waals surface area contributed by atoms with Crippen LogP contribution in [0.15, 0.2) is 48.5 Å². The van der Waals surface area contributed by atoms with Crippen LogP contribution < -0.4 is 10.6 Å². The number of hydrogen-bond acceptors (Lipinski definition) is 4. The van der Waals surface area contributed by atoms with Gasteiger partial charge in [-0.3, -0.25) is 9.59 Å². The summed E-state index contributed by atoms with van der Waals surface area (Å²) in [5.74, 6) is -1.39. The molecule has 2 amide bonds. The molecule has 2 rings (SSSR count). The lowest BCUT2D eigenvalue weighted by Gasteiger charge is -2.07. The van der Waals surface area contributed by atoms with E-state index in [1.165, 1.54) is 19.2 Å². The molecule has 124 valence electrons. The van der Waals surface area contributed by atoms with Crippen LogP contribution in [-0.4, -0.2) is 24.9 Å². The van der Waals surface area contributed by atoms with Crippen LogP contribution in [0.25, 0.3) is 0 Å². The Labute approximate surface area is 143 Å². The van der Waals surface area contributed by atoms with Gasteiger partial charge in [-0.25, -0.2) is 4.79 Å². The highest BCUT2D eigenvalue weighted by atomic mass is 35.5. The fourth-order valence-electron chi connectivity index (χ4n) is 1.93. The van der Waals surface area contributed by atoms with Crippen LogP contribution in [0.3, 0.4) is 0 Å². The molecule has 0 fully saturated rings. The molecule has 0 saturated carbocycles. The number of ether oxygens (including phenoxy) is 1. The van der Waals surface area contributed by atoms with E-state index in [9.17, 15) is 14.4 Å². The maximum absolute atomic E-state index is 11.9. The highest BCUT2D eigenvalue weighted by Crippen LogP contribution is 2.15. The zero-order valence-corrected chi connectivity index (χ0v) is 13.6. The first-order chi connectivity index (χ1) is 11.5. The number of hydrogen-bond donors (Lipinski definition) is 2. The lowest BCUT2D eigenvalue weighted by Crippen LogP contribution is -2.21. The molecule has 7 heteroatoms. The number of methoxy groups -OCH3 is 1. The quantitative estimate of drug-likeness (QED) is 0.643. The van der Waals surface area contributed by atoms with E-state index < -0.39 is 17.8 Å². The number of halogens is 1. The fraction of sp³-hybridized carbons (Fsp3) is 0.118. The number of benzene rings is 2. The third-order valence-electron chi connectivity index (χ3n) is 3.02. The lowest BCUT2D eigenvalue weighted by molar-refractivity contribution is -0.123. The van der Waals surface area contributed by atoms with Gasteiger partial charge in [-0.2, -0.15) is 0 Å². The van der Waals surface area contributed by atoms with Crippen LogP contribution in [0.2, 0.25) is 5.02 Å². The lowest BCUT2D eigenvalue weighted by atomic mass is 10.2. The average molecular weight is 347 g/mol. The van der Waals surface area contributed by atoms with Gasteiger partial charge < -0.3 is 15.4 Å². The van der Waals surface area contributed by atoms with Gasteiger partial charge >= 0.3 is 5.97 Å². The van der Waals surface area contributed by atoms with Gasteiger partial charge in [0, 0.05) is 16.4 Å². The van der Waals surface area contributed by atoms with Gasteiger partial charge in [0.05, 0.1) is 12.7 Å². The SMILES string of the molecule is COC(=O)c1ccc(NC(=O)CC(=O)Nc2cccc(Cl)c2)cc1. The number of esters is 1. The van der Waals surface area contributed by atoms with E-state index in [0.29, 0.717) is 22.0 Å². The van der Waals surface area contributed by atoms with Crippen molar-refractivity contribution >= 4 is 40.8 Å². The van der Waals surface area contributed by atoms with Crippen molar-refractivity contribution in [3.8, 4) is 0 Å². The summed E-state index contributed by atoms with van der Waals surface area (Å²) in [5, 5.41) is 5.65. The van der Waals surface area contributed by atoms with Gasteiger partial charge in [0.1, 0.15) is 6.42 Å². The molecule has 2 aromatic carbocycles. The van der Waals surface area contributed by atoms with E-state index in [1.54, 1.807) is 36.4 Å². The van der Waals surface area contributed by atoms with E-state index in [4.69, 9.17) is 11.6 Å². The summed E-state index contributed by atoms with van der Waals surface area (Å²) in [7, 11) is 1.29. The predicted octanol–water partition coefficient (Wildman–Crippen LogP) is 3.09. The topological polar surface area (TPSA) is 84.5 Å². The van der Waals surface area contributed by atoms with Crippen molar-refractivity contribution in [1.82, 2.24) is 0 Å². The third-order valence-corrected chi connectivity index (χ3v) is 3.25. The van der Waals surface area contributed by atoms with Crippen molar-refractivity contribution in [2.24, 2.45) is 0 Å². The second-order valence-electron chi connectivity index (χ2n) is 4.85. The van der Waals surface area contributed by atoms with E-state index >= 15 is 0 Å². The molecule has 0 aromatic heterocycles. The monoisotopic (exact) mass is 346 g/mol. The normalized spacial score (nSPS) is 9.92. The first-order valence-electron chi connectivity index (χ1n) is 7.01. The summed E-state index contributed by atoms with van der Waals surface area (Å²) in [6, 6.07) is 12.8. The number of carbonyl (C=O) groups is 3. The minimum atomic E-state index is -0.472. The van der Waals surface area contributed by atoms with Crippen molar-refractivity contribution in [2.45, 2.75) is 6.42 Å². The molecular weight excluding hydrogens is 332 g/mol. The molecule has 0 atom stereocenters.